The van der Waals surface area contributed by atoms with Crippen molar-refractivity contribution in [2.45, 2.75) is 53.6 Å². The highest BCUT2D eigenvalue weighted by molar-refractivity contribution is 6.00. The first-order valence-corrected chi connectivity index (χ1v) is 8.84. The summed E-state index contributed by atoms with van der Waals surface area (Å²) in [4.78, 5) is 36.2. The van der Waals surface area contributed by atoms with Gasteiger partial charge in [0, 0.05) is 36.1 Å². The summed E-state index contributed by atoms with van der Waals surface area (Å²) in [5, 5.41) is 3.99. The molecule has 7 nitrogen and oxygen atoms in total. The highest BCUT2D eigenvalue weighted by Gasteiger charge is 2.18. The molecule has 0 unspecified atom stereocenters. The summed E-state index contributed by atoms with van der Waals surface area (Å²) in [5.41, 5.74) is 2.19. The topological polar surface area (TPSA) is 83.2 Å². The number of ether oxygens (including phenoxy) is 1. The number of hydrogen-bond donors (Lipinski definition) is 0. The Morgan fingerprint density at radius 1 is 1.12 bits per heavy atom. The van der Waals surface area contributed by atoms with Gasteiger partial charge in [0.05, 0.1) is 0 Å². The standard InChI is InChI=1S/C19H25N3O4/c1-5-9-21-13(3)11-15(14(21)4)17(23)12-26-19(25)16-7-8-18(24)22(20-16)10-6-2/h7-8,11H,5-6,9-10,12H2,1-4H3. The molecule has 7 heteroatoms. The predicted molar refractivity (Wildman–Crippen MR) is 97.6 cm³/mol. The van der Waals surface area contributed by atoms with Crippen molar-refractivity contribution in [1.29, 1.82) is 0 Å². The summed E-state index contributed by atoms with van der Waals surface area (Å²) in [6, 6.07) is 4.41. The lowest BCUT2D eigenvalue weighted by molar-refractivity contribution is 0.0466. The molecule has 0 saturated carbocycles. The van der Waals surface area contributed by atoms with Crippen molar-refractivity contribution in [3.05, 3.63) is 51.2 Å². The number of rotatable bonds is 8. The second-order valence-corrected chi connectivity index (χ2v) is 6.22. The second kappa shape index (κ2) is 8.60. The van der Waals surface area contributed by atoms with Gasteiger partial charge < -0.3 is 9.30 Å². The molecule has 0 aliphatic carbocycles. The van der Waals surface area contributed by atoms with Crippen molar-refractivity contribution >= 4 is 11.8 Å². The second-order valence-electron chi connectivity index (χ2n) is 6.22. The number of carbonyl (C=O) groups excluding carboxylic acids is 2. The van der Waals surface area contributed by atoms with Crippen LogP contribution in [0.15, 0.2) is 23.0 Å². The molecule has 2 rings (SSSR count). The largest absolute Gasteiger partial charge is 0.453 e. The van der Waals surface area contributed by atoms with E-state index in [9.17, 15) is 14.4 Å². The van der Waals surface area contributed by atoms with Gasteiger partial charge in [-0.05, 0) is 38.8 Å². The Balaban J connectivity index is 2.08. The Hall–Kier alpha value is -2.70. The molecule has 0 saturated heterocycles. The Morgan fingerprint density at radius 2 is 1.81 bits per heavy atom. The van der Waals surface area contributed by atoms with E-state index in [4.69, 9.17) is 4.74 Å². The molecule has 0 aliphatic rings. The number of aryl methyl sites for hydroxylation is 2. The van der Waals surface area contributed by atoms with E-state index < -0.39 is 5.97 Å². The van der Waals surface area contributed by atoms with Gasteiger partial charge >= 0.3 is 5.97 Å². The van der Waals surface area contributed by atoms with Gasteiger partial charge in [0.1, 0.15) is 0 Å². The number of nitrogens with zero attached hydrogens (tertiary/aromatic N) is 3. The van der Waals surface area contributed by atoms with Crippen LogP contribution in [0.25, 0.3) is 0 Å². The van der Waals surface area contributed by atoms with Crippen LogP contribution in [-0.4, -0.2) is 32.7 Å². The quantitative estimate of drug-likeness (QED) is 0.534. The maximum atomic E-state index is 12.4. The number of esters is 1. The Morgan fingerprint density at radius 3 is 2.46 bits per heavy atom. The van der Waals surface area contributed by atoms with E-state index in [2.05, 4.69) is 16.6 Å². The average molecular weight is 359 g/mol. The van der Waals surface area contributed by atoms with Crippen molar-refractivity contribution in [3.63, 3.8) is 0 Å². The molecular formula is C19H25N3O4. The van der Waals surface area contributed by atoms with Crippen molar-refractivity contribution in [1.82, 2.24) is 14.3 Å². The van der Waals surface area contributed by atoms with E-state index in [1.165, 1.54) is 16.8 Å². The Bertz CT molecular complexity index is 864. The highest BCUT2D eigenvalue weighted by Crippen LogP contribution is 2.16. The van der Waals surface area contributed by atoms with E-state index in [0.717, 1.165) is 30.8 Å². The number of aromatic nitrogens is 3. The van der Waals surface area contributed by atoms with Gasteiger partial charge in [-0.15, -0.1) is 0 Å². The molecule has 2 heterocycles. The first-order valence-electron chi connectivity index (χ1n) is 8.84. The maximum Gasteiger partial charge on any atom is 0.359 e. The minimum atomic E-state index is -0.717. The third-order valence-electron chi connectivity index (χ3n) is 4.17. The summed E-state index contributed by atoms with van der Waals surface area (Å²) >= 11 is 0. The molecule has 0 aromatic carbocycles. The third-order valence-corrected chi connectivity index (χ3v) is 4.17. The number of ketones is 1. The minimum absolute atomic E-state index is 0.0160. The van der Waals surface area contributed by atoms with Crippen molar-refractivity contribution in [3.8, 4) is 0 Å². The van der Waals surface area contributed by atoms with Gasteiger partial charge in [-0.3, -0.25) is 9.59 Å². The fraction of sp³-hybridized carbons (Fsp3) is 0.474. The zero-order valence-corrected chi connectivity index (χ0v) is 15.7. The molecule has 0 aliphatic heterocycles. The molecule has 0 bridgehead atoms. The fourth-order valence-electron chi connectivity index (χ4n) is 2.86. The predicted octanol–water partition coefficient (Wildman–Crippen LogP) is 2.52. The molecule has 0 spiro atoms. The average Bonchev–Trinajstić information content (AvgIpc) is 2.90. The Kier molecular flexibility index (Phi) is 6.49. The van der Waals surface area contributed by atoms with Crippen LogP contribution in [0, 0.1) is 13.8 Å². The monoisotopic (exact) mass is 359 g/mol. The van der Waals surface area contributed by atoms with Crippen LogP contribution >= 0.6 is 0 Å². The van der Waals surface area contributed by atoms with Crippen LogP contribution in [0.4, 0.5) is 0 Å². The molecule has 0 radical (unpaired) electrons. The van der Waals surface area contributed by atoms with Gasteiger partial charge in [0.2, 0.25) is 5.78 Å². The van der Waals surface area contributed by atoms with Crippen LogP contribution < -0.4 is 5.56 Å². The molecular weight excluding hydrogens is 334 g/mol. The number of carbonyl (C=O) groups is 2. The zero-order valence-electron chi connectivity index (χ0n) is 15.7. The molecule has 0 N–H and O–H groups in total. The Labute approximate surface area is 152 Å². The lowest BCUT2D eigenvalue weighted by atomic mass is 10.1. The van der Waals surface area contributed by atoms with Gasteiger partial charge in [-0.1, -0.05) is 13.8 Å². The minimum Gasteiger partial charge on any atom is -0.453 e. The molecule has 140 valence electrons. The lowest BCUT2D eigenvalue weighted by Crippen LogP contribution is -2.25. The van der Waals surface area contributed by atoms with E-state index in [1.54, 1.807) is 0 Å². The highest BCUT2D eigenvalue weighted by atomic mass is 16.5. The summed E-state index contributed by atoms with van der Waals surface area (Å²) in [6.07, 6.45) is 1.69. The molecule has 2 aromatic heterocycles. The first-order chi connectivity index (χ1) is 12.4. The van der Waals surface area contributed by atoms with E-state index >= 15 is 0 Å². The summed E-state index contributed by atoms with van der Waals surface area (Å²) in [6.45, 7) is 8.73. The summed E-state index contributed by atoms with van der Waals surface area (Å²) in [5.74, 6) is -0.971. The van der Waals surface area contributed by atoms with E-state index in [-0.39, 0.29) is 23.6 Å². The lowest BCUT2D eigenvalue weighted by Gasteiger charge is -2.08. The van der Waals surface area contributed by atoms with E-state index in [0.29, 0.717) is 12.1 Å². The summed E-state index contributed by atoms with van der Waals surface area (Å²) < 4.78 is 8.41. The van der Waals surface area contributed by atoms with Gasteiger partial charge in [0.15, 0.2) is 12.3 Å². The molecule has 2 aromatic rings. The van der Waals surface area contributed by atoms with Crippen LogP contribution in [0.2, 0.25) is 0 Å². The van der Waals surface area contributed by atoms with Crippen LogP contribution in [-0.2, 0) is 17.8 Å². The molecule has 0 amide bonds. The van der Waals surface area contributed by atoms with Crippen molar-refractivity contribution in [2.24, 2.45) is 0 Å². The van der Waals surface area contributed by atoms with Crippen LogP contribution in [0.1, 0.15) is 58.9 Å². The fourth-order valence-corrected chi connectivity index (χ4v) is 2.86. The third kappa shape index (κ3) is 4.28. The normalized spacial score (nSPS) is 10.8. The molecule has 0 fully saturated rings. The van der Waals surface area contributed by atoms with E-state index in [1.807, 2.05) is 26.8 Å². The number of hydrogen-bond acceptors (Lipinski definition) is 5. The smallest absolute Gasteiger partial charge is 0.359 e. The summed E-state index contributed by atoms with van der Waals surface area (Å²) in [7, 11) is 0. The van der Waals surface area contributed by atoms with Gasteiger partial charge in [0.25, 0.3) is 5.56 Å². The molecule has 0 atom stereocenters. The maximum absolute atomic E-state index is 12.4. The van der Waals surface area contributed by atoms with Crippen molar-refractivity contribution < 1.29 is 14.3 Å². The van der Waals surface area contributed by atoms with Crippen LogP contribution in [0.3, 0.4) is 0 Å². The van der Waals surface area contributed by atoms with Gasteiger partial charge in [-0.25, -0.2) is 9.48 Å². The zero-order chi connectivity index (χ0) is 19.3. The van der Waals surface area contributed by atoms with Crippen molar-refractivity contribution in [2.75, 3.05) is 6.61 Å². The number of Topliss-reactive ketones (excluding diaryl/α,β-unsaturated/α-hetero) is 1. The van der Waals surface area contributed by atoms with Crippen LogP contribution in [0.5, 0.6) is 0 Å². The molecule has 26 heavy (non-hydrogen) atoms. The van der Waals surface area contributed by atoms with Gasteiger partial charge in [-0.2, -0.15) is 5.10 Å². The first kappa shape index (κ1) is 19.6. The SMILES string of the molecule is CCCn1c(C)cc(C(=O)COC(=O)c2ccc(=O)n(CCC)n2)c1C.